The second kappa shape index (κ2) is 11.2. The van der Waals surface area contributed by atoms with Crippen LogP contribution in [0.15, 0.2) is 65.7 Å². The molecule has 1 heterocycles. The van der Waals surface area contributed by atoms with Gasteiger partial charge in [0.25, 0.3) is 0 Å². The van der Waals surface area contributed by atoms with Crippen molar-refractivity contribution in [1.82, 2.24) is 10.2 Å². The molecule has 0 aliphatic carbocycles. The first-order valence-corrected chi connectivity index (χ1v) is 8.96. The van der Waals surface area contributed by atoms with Crippen molar-refractivity contribution in [2.45, 2.75) is 19.6 Å². The molecular weight excluding hydrogens is 437 g/mol. The summed E-state index contributed by atoms with van der Waals surface area (Å²) in [6.45, 7) is 4.34. The number of hydrogen-bond acceptors (Lipinski definition) is 2. The van der Waals surface area contributed by atoms with E-state index in [2.05, 4.69) is 63.7 Å². The lowest BCUT2D eigenvalue weighted by atomic mass is 10.1. The van der Waals surface area contributed by atoms with Crippen molar-refractivity contribution in [1.29, 1.82) is 0 Å². The van der Waals surface area contributed by atoms with Crippen molar-refractivity contribution in [3.8, 4) is 0 Å². The van der Waals surface area contributed by atoms with Crippen molar-refractivity contribution in [3.63, 3.8) is 0 Å². The number of guanidine groups is 1. The molecule has 1 unspecified atom stereocenters. The highest BCUT2D eigenvalue weighted by Gasteiger charge is 2.24. The Morgan fingerprint density at radius 2 is 1.73 bits per heavy atom. The standard InChI is InChI=1S/C21H27N3O.HI/c1-22-21(23-14-18-8-4-2-5-9-18)24-13-12-20(15-24)17-25-16-19-10-6-3-7-11-19;/h2-11,20H,12-17H2,1H3,(H,22,23);1H. The molecule has 0 amide bonds. The predicted molar refractivity (Wildman–Crippen MR) is 118 cm³/mol. The summed E-state index contributed by atoms with van der Waals surface area (Å²) in [6.07, 6.45) is 1.15. The molecule has 2 aromatic rings. The minimum absolute atomic E-state index is 0. The van der Waals surface area contributed by atoms with Crippen LogP contribution in [-0.4, -0.2) is 37.6 Å². The van der Waals surface area contributed by atoms with Crippen LogP contribution in [0.4, 0.5) is 0 Å². The van der Waals surface area contributed by atoms with E-state index < -0.39 is 0 Å². The van der Waals surface area contributed by atoms with Gasteiger partial charge in [-0.2, -0.15) is 0 Å². The minimum Gasteiger partial charge on any atom is -0.376 e. The van der Waals surface area contributed by atoms with Gasteiger partial charge >= 0.3 is 0 Å². The van der Waals surface area contributed by atoms with E-state index >= 15 is 0 Å². The van der Waals surface area contributed by atoms with E-state index in [-0.39, 0.29) is 24.0 Å². The molecule has 0 saturated carbocycles. The van der Waals surface area contributed by atoms with Crippen LogP contribution in [0.1, 0.15) is 17.5 Å². The molecule has 0 spiro atoms. The number of halogens is 1. The fourth-order valence-corrected chi connectivity index (χ4v) is 3.19. The maximum Gasteiger partial charge on any atom is 0.193 e. The van der Waals surface area contributed by atoms with Crippen LogP contribution in [0.5, 0.6) is 0 Å². The number of rotatable bonds is 6. The highest BCUT2D eigenvalue weighted by atomic mass is 127. The van der Waals surface area contributed by atoms with Crippen LogP contribution in [0.25, 0.3) is 0 Å². The van der Waals surface area contributed by atoms with Gasteiger partial charge in [0.1, 0.15) is 0 Å². The van der Waals surface area contributed by atoms with Crippen LogP contribution in [0.2, 0.25) is 0 Å². The van der Waals surface area contributed by atoms with Gasteiger partial charge in [0, 0.05) is 32.6 Å². The van der Waals surface area contributed by atoms with Crippen molar-refractivity contribution < 1.29 is 4.74 Å². The number of nitrogens with zero attached hydrogens (tertiary/aromatic N) is 2. The summed E-state index contributed by atoms with van der Waals surface area (Å²) >= 11 is 0. The second-order valence-electron chi connectivity index (χ2n) is 6.49. The fraction of sp³-hybridized carbons (Fsp3) is 0.381. The maximum atomic E-state index is 5.91. The summed E-state index contributed by atoms with van der Waals surface area (Å²) in [5, 5.41) is 3.47. The van der Waals surface area contributed by atoms with Gasteiger partial charge in [-0.05, 0) is 17.5 Å². The topological polar surface area (TPSA) is 36.9 Å². The zero-order chi connectivity index (χ0) is 17.3. The molecule has 0 aromatic heterocycles. The molecule has 1 aliphatic rings. The van der Waals surface area contributed by atoms with Crippen LogP contribution < -0.4 is 5.32 Å². The predicted octanol–water partition coefficient (Wildman–Crippen LogP) is 3.92. The fourth-order valence-electron chi connectivity index (χ4n) is 3.19. The number of aliphatic imine (C=N–C) groups is 1. The SMILES string of the molecule is CN=C(NCc1ccccc1)N1CCC(COCc2ccccc2)C1.I. The van der Waals surface area contributed by atoms with E-state index in [1.807, 2.05) is 19.2 Å². The van der Waals surface area contributed by atoms with Gasteiger partial charge < -0.3 is 15.0 Å². The summed E-state index contributed by atoms with van der Waals surface area (Å²) in [4.78, 5) is 6.77. The summed E-state index contributed by atoms with van der Waals surface area (Å²) in [5.41, 5.74) is 2.50. The Balaban J connectivity index is 0.00000243. The Kier molecular flexibility index (Phi) is 8.91. The van der Waals surface area contributed by atoms with Gasteiger partial charge in [-0.15, -0.1) is 24.0 Å². The quantitative estimate of drug-likeness (QED) is 0.399. The van der Waals surface area contributed by atoms with Crippen molar-refractivity contribution in [2.24, 2.45) is 10.9 Å². The van der Waals surface area contributed by atoms with Gasteiger partial charge in [-0.1, -0.05) is 60.7 Å². The smallest absolute Gasteiger partial charge is 0.193 e. The molecule has 3 rings (SSSR count). The summed E-state index contributed by atoms with van der Waals surface area (Å²) in [7, 11) is 1.85. The molecular formula is C21H28IN3O. The average molecular weight is 465 g/mol. The van der Waals surface area contributed by atoms with E-state index in [1.165, 1.54) is 11.1 Å². The lowest BCUT2D eigenvalue weighted by Gasteiger charge is -2.21. The first-order valence-electron chi connectivity index (χ1n) is 8.96. The molecule has 0 radical (unpaired) electrons. The third-order valence-electron chi connectivity index (χ3n) is 4.56. The van der Waals surface area contributed by atoms with Gasteiger partial charge in [0.05, 0.1) is 13.2 Å². The van der Waals surface area contributed by atoms with Gasteiger partial charge in [-0.25, -0.2) is 0 Å². The summed E-state index contributed by atoms with van der Waals surface area (Å²) in [5.74, 6) is 1.55. The summed E-state index contributed by atoms with van der Waals surface area (Å²) < 4.78 is 5.91. The molecule has 1 N–H and O–H groups in total. The molecule has 1 aliphatic heterocycles. The molecule has 1 saturated heterocycles. The highest BCUT2D eigenvalue weighted by molar-refractivity contribution is 14.0. The van der Waals surface area contributed by atoms with Gasteiger partial charge in [0.2, 0.25) is 0 Å². The Labute approximate surface area is 173 Å². The zero-order valence-corrected chi connectivity index (χ0v) is 17.6. The summed E-state index contributed by atoms with van der Waals surface area (Å²) in [6, 6.07) is 20.8. The van der Waals surface area contributed by atoms with Crippen LogP contribution in [-0.2, 0) is 17.9 Å². The van der Waals surface area contributed by atoms with Crippen LogP contribution >= 0.6 is 24.0 Å². The van der Waals surface area contributed by atoms with Crippen molar-refractivity contribution >= 4 is 29.9 Å². The van der Waals surface area contributed by atoms with E-state index in [0.717, 1.165) is 38.6 Å². The average Bonchev–Trinajstić information content (AvgIpc) is 3.13. The normalized spacial score (nSPS) is 17.0. The van der Waals surface area contributed by atoms with Crippen molar-refractivity contribution in [3.05, 3.63) is 71.8 Å². The molecule has 140 valence electrons. The Morgan fingerprint density at radius 3 is 2.38 bits per heavy atom. The number of likely N-dealkylation sites (tertiary alicyclic amines) is 1. The third-order valence-corrected chi connectivity index (χ3v) is 4.56. The van der Waals surface area contributed by atoms with Gasteiger partial charge in [0.15, 0.2) is 5.96 Å². The third kappa shape index (κ3) is 6.29. The number of nitrogens with one attached hydrogen (secondary N) is 1. The minimum atomic E-state index is 0. The molecule has 1 fully saturated rings. The lowest BCUT2D eigenvalue weighted by molar-refractivity contribution is 0.0906. The van der Waals surface area contributed by atoms with Crippen LogP contribution in [0.3, 0.4) is 0 Å². The lowest BCUT2D eigenvalue weighted by Crippen LogP contribution is -2.39. The monoisotopic (exact) mass is 465 g/mol. The van der Waals surface area contributed by atoms with Crippen LogP contribution in [0, 0.1) is 5.92 Å². The largest absolute Gasteiger partial charge is 0.376 e. The molecule has 5 heteroatoms. The molecule has 26 heavy (non-hydrogen) atoms. The Morgan fingerprint density at radius 1 is 1.08 bits per heavy atom. The Hall–Kier alpha value is -1.60. The van der Waals surface area contributed by atoms with Gasteiger partial charge in [-0.3, -0.25) is 4.99 Å². The highest BCUT2D eigenvalue weighted by Crippen LogP contribution is 2.17. The molecule has 2 aromatic carbocycles. The molecule has 0 bridgehead atoms. The first kappa shape index (κ1) is 20.7. The zero-order valence-electron chi connectivity index (χ0n) is 15.3. The number of ether oxygens (including phenoxy) is 1. The Bertz CT molecular complexity index is 663. The first-order chi connectivity index (χ1) is 12.3. The van der Waals surface area contributed by atoms with E-state index in [0.29, 0.717) is 12.5 Å². The maximum absolute atomic E-state index is 5.91. The van der Waals surface area contributed by atoms with E-state index in [9.17, 15) is 0 Å². The van der Waals surface area contributed by atoms with E-state index in [4.69, 9.17) is 4.74 Å². The molecule has 4 nitrogen and oxygen atoms in total. The molecule has 1 atom stereocenters. The second-order valence-corrected chi connectivity index (χ2v) is 6.49. The van der Waals surface area contributed by atoms with Crippen molar-refractivity contribution in [2.75, 3.05) is 26.7 Å². The number of hydrogen-bond donors (Lipinski definition) is 1. The number of benzene rings is 2. The van der Waals surface area contributed by atoms with E-state index in [1.54, 1.807) is 0 Å².